The van der Waals surface area contributed by atoms with Crippen molar-refractivity contribution < 1.29 is 14.7 Å². The molecule has 4 fully saturated rings. The van der Waals surface area contributed by atoms with Crippen LogP contribution in [0, 0.1) is 57.3 Å². The van der Waals surface area contributed by atoms with Crippen molar-refractivity contribution in [3.05, 3.63) is 23.2 Å². The molecule has 0 bridgehead atoms. The number of carbonyl (C=O) groups is 2. The molecular weight excluding hydrogens is 422 g/mol. The molecule has 1 N–H and O–H groups in total. The van der Waals surface area contributed by atoms with Crippen LogP contribution in [0.25, 0.3) is 4.85 Å². The van der Waals surface area contributed by atoms with Crippen molar-refractivity contribution in [2.75, 3.05) is 0 Å². The van der Waals surface area contributed by atoms with E-state index in [2.05, 4.69) is 39.5 Å². The maximum atomic E-state index is 14.2. The molecular formula is C30H43NO3. The van der Waals surface area contributed by atoms with E-state index >= 15 is 0 Å². The molecule has 0 spiro atoms. The minimum absolute atomic E-state index is 0.0320. The fraction of sp³-hybridized carbons (Fsp3) is 0.833. The third-order valence-corrected chi connectivity index (χ3v) is 12.4. The first kappa shape index (κ1) is 24.2. The zero-order valence-electron chi connectivity index (χ0n) is 22.3. The number of Topliss-reactive ketones (excluding diaryl/α,β-unsaturated/α-hetero) is 2. The van der Waals surface area contributed by atoms with Gasteiger partial charge >= 0.3 is 0 Å². The fourth-order valence-electron chi connectivity index (χ4n) is 10.2. The Kier molecular flexibility index (Phi) is 4.88. The molecule has 8 atom stereocenters. The fourth-order valence-corrected chi connectivity index (χ4v) is 10.2. The Hall–Kier alpha value is -1.47. The summed E-state index contributed by atoms with van der Waals surface area (Å²) in [4.78, 5) is 31.0. The Morgan fingerprint density at radius 1 is 0.912 bits per heavy atom. The Morgan fingerprint density at radius 3 is 2.21 bits per heavy atom. The van der Waals surface area contributed by atoms with Crippen LogP contribution in [0.15, 0.2) is 11.8 Å². The summed E-state index contributed by atoms with van der Waals surface area (Å²) in [6.45, 7) is 23.3. The standard InChI is InChI=1S/C30H43NO3/c1-25(2)11-13-30(34)14-12-29(7)23(18(30)16-25)20(32)15-22-27(5)17-19(31-8)24(33)26(3,4)21(27)9-10-28(22,29)6/h17-18,21-23,34H,9-16H2,1-7H3/t18-,21-,22+,23-,27-,28+,29+,30-/m0/s1. The molecule has 0 aromatic rings. The molecule has 5 aliphatic carbocycles. The number of fused-ring (bicyclic) bond motifs is 7. The Morgan fingerprint density at radius 2 is 1.56 bits per heavy atom. The minimum Gasteiger partial charge on any atom is -0.390 e. The molecule has 4 saturated carbocycles. The number of ketones is 2. The van der Waals surface area contributed by atoms with Gasteiger partial charge in [-0.15, -0.1) is 0 Å². The topological polar surface area (TPSA) is 58.7 Å². The number of hydrogen-bond donors (Lipinski definition) is 1. The molecule has 0 heterocycles. The van der Waals surface area contributed by atoms with Gasteiger partial charge in [0, 0.05) is 17.8 Å². The monoisotopic (exact) mass is 465 g/mol. The Labute approximate surface area is 205 Å². The van der Waals surface area contributed by atoms with E-state index < -0.39 is 11.0 Å². The molecule has 0 saturated heterocycles. The van der Waals surface area contributed by atoms with Crippen LogP contribution >= 0.6 is 0 Å². The normalized spacial score (nSPS) is 51.2. The highest BCUT2D eigenvalue weighted by molar-refractivity contribution is 6.02. The van der Waals surface area contributed by atoms with Crippen molar-refractivity contribution in [3.63, 3.8) is 0 Å². The highest BCUT2D eigenvalue weighted by Gasteiger charge is 2.71. The van der Waals surface area contributed by atoms with E-state index in [4.69, 9.17) is 6.57 Å². The zero-order chi connectivity index (χ0) is 25.1. The summed E-state index contributed by atoms with van der Waals surface area (Å²) in [6, 6.07) is 0. The highest BCUT2D eigenvalue weighted by Crippen LogP contribution is 2.74. The molecule has 0 amide bonds. The number of carbonyl (C=O) groups excluding carboxylic acids is 2. The van der Waals surface area contributed by atoms with Gasteiger partial charge in [0.2, 0.25) is 5.70 Å². The average molecular weight is 466 g/mol. The lowest BCUT2D eigenvalue weighted by atomic mass is 9.32. The van der Waals surface area contributed by atoms with Gasteiger partial charge in [-0.1, -0.05) is 54.5 Å². The smallest absolute Gasteiger partial charge is 0.226 e. The molecule has 0 unspecified atom stereocenters. The second kappa shape index (κ2) is 6.84. The van der Waals surface area contributed by atoms with Crippen LogP contribution in [0.2, 0.25) is 0 Å². The summed E-state index contributed by atoms with van der Waals surface area (Å²) in [5.74, 6) is 0.462. The predicted octanol–water partition coefficient (Wildman–Crippen LogP) is 6.38. The van der Waals surface area contributed by atoms with E-state index in [1.165, 1.54) is 0 Å². The summed E-state index contributed by atoms with van der Waals surface area (Å²) in [5.41, 5.74) is -1.49. The first-order valence-corrected chi connectivity index (χ1v) is 13.5. The number of rotatable bonds is 0. The number of nitrogens with zero attached hydrogens (tertiary/aromatic N) is 1. The molecule has 0 radical (unpaired) electrons. The first-order chi connectivity index (χ1) is 15.6. The van der Waals surface area contributed by atoms with Crippen molar-refractivity contribution in [2.24, 2.45) is 50.7 Å². The number of hydrogen-bond acceptors (Lipinski definition) is 3. The maximum absolute atomic E-state index is 14.2. The van der Waals surface area contributed by atoms with Crippen molar-refractivity contribution in [3.8, 4) is 0 Å². The quantitative estimate of drug-likeness (QED) is 0.422. The summed E-state index contributed by atoms with van der Waals surface area (Å²) in [5, 5.41) is 11.7. The summed E-state index contributed by atoms with van der Waals surface area (Å²) in [6.07, 6.45) is 8.83. The van der Waals surface area contributed by atoms with E-state index in [1.54, 1.807) is 0 Å². The van der Waals surface area contributed by atoms with Crippen LogP contribution in [-0.2, 0) is 9.59 Å². The van der Waals surface area contributed by atoms with Crippen molar-refractivity contribution in [1.29, 1.82) is 0 Å². The SMILES string of the molecule is [C-]#[N+]C1=C[C@]2(C)[C@H]3CC(=O)[C@@H]4[C@@H]5CC(C)(C)CC[C@]5(O)CC[C@@]4(C)[C@]3(C)CC[C@H]2C(C)(C)C1=O. The molecule has 5 rings (SSSR count). The molecule has 186 valence electrons. The second-order valence-electron chi connectivity index (χ2n) is 14.8. The lowest BCUT2D eigenvalue weighted by Gasteiger charge is -2.71. The third-order valence-electron chi connectivity index (χ3n) is 12.4. The van der Waals surface area contributed by atoms with E-state index in [1.807, 2.05) is 19.9 Å². The molecule has 0 aromatic carbocycles. The lowest BCUT2D eigenvalue weighted by Crippen LogP contribution is -2.69. The highest BCUT2D eigenvalue weighted by atomic mass is 16.3. The number of aliphatic hydroxyl groups is 1. The molecule has 34 heavy (non-hydrogen) atoms. The van der Waals surface area contributed by atoms with Crippen LogP contribution in [0.5, 0.6) is 0 Å². The summed E-state index contributed by atoms with van der Waals surface area (Å²) < 4.78 is 0. The van der Waals surface area contributed by atoms with Gasteiger partial charge < -0.3 is 9.90 Å². The minimum atomic E-state index is -0.712. The maximum Gasteiger partial charge on any atom is 0.226 e. The van der Waals surface area contributed by atoms with Gasteiger partial charge in [-0.05, 0) is 84.4 Å². The Balaban J connectivity index is 1.63. The van der Waals surface area contributed by atoms with Crippen LogP contribution < -0.4 is 0 Å². The molecule has 5 aliphatic rings. The van der Waals surface area contributed by atoms with E-state index in [0.29, 0.717) is 12.2 Å². The Bertz CT molecular complexity index is 1030. The van der Waals surface area contributed by atoms with E-state index in [-0.39, 0.29) is 56.8 Å². The molecule has 0 aliphatic heterocycles. The molecule has 4 heteroatoms. The predicted molar refractivity (Wildman–Crippen MR) is 132 cm³/mol. The van der Waals surface area contributed by atoms with Gasteiger partial charge in [0.15, 0.2) is 5.78 Å². The van der Waals surface area contributed by atoms with Gasteiger partial charge in [0.05, 0.1) is 12.2 Å². The third kappa shape index (κ3) is 2.80. The van der Waals surface area contributed by atoms with E-state index in [0.717, 1.165) is 44.9 Å². The molecule has 0 aromatic heterocycles. The van der Waals surface area contributed by atoms with Crippen LogP contribution in [0.1, 0.15) is 99.8 Å². The van der Waals surface area contributed by atoms with Crippen LogP contribution in [0.4, 0.5) is 0 Å². The van der Waals surface area contributed by atoms with Crippen molar-refractivity contribution in [1.82, 2.24) is 0 Å². The van der Waals surface area contributed by atoms with Crippen molar-refractivity contribution in [2.45, 2.75) is 105 Å². The van der Waals surface area contributed by atoms with Crippen LogP contribution in [0.3, 0.4) is 0 Å². The average Bonchev–Trinajstić information content (AvgIpc) is 2.74. The van der Waals surface area contributed by atoms with Gasteiger partial charge in [0.1, 0.15) is 5.78 Å². The van der Waals surface area contributed by atoms with Gasteiger partial charge in [-0.25, -0.2) is 4.85 Å². The van der Waals surface area contributed by atoms with Crippen LogP contribution in [-0.4, -0.2) is 22.3 Å². The summed E-state index contributed by atoms with van der Waals surface area (Å²) >= 11 is 0. The largest absolute Gasteiger partial charge is 0.390 e. The second-order valence-corrected chi connectivity index (χ2v) is 14.8. The van der Waals surface area contributed by atoms with Gasteiger partial charge in [-0.2, -0.15) is 0 Å². The van der Waals surface area contributed by atoms with Crippen molar-refractivity contribution >= 4 is 11.6 Å². The summed E-state index contributed by atoms with van der Waals surface area (Å²) in [7, 11) is 0. The van der Waals surface area contributed by atoms with E-state index in [9.17, 15) is 14.7 Å². The molecule has 4 nitrogen and oxygen atoms in total. The lowest BCUT2D eigenvalue weighted by molar-refractivity contribution is -0.236. The number of allylic oxidation sites excluding steroid dienone is 2. The van der Waals surface area contributed by atoms with Gasteiger partial charge in [0.25, 0.3) is 0 Å². The first-order valence-electron chi connectivity index (χ1n) is 13.5. The zero-order valence-corrected chi connectivity index (χ0v) is 22.3. The van der Waals surface area contributed by atoms with Gasteiger partial charge in [-0.3, -0.25) is 4.79 Å².